The summed E-state index contributed by atoms with van der Waals surface area (Å²) in [6.45, 7) is 4.99. The molecule has 2 unspecified atom stereocenters. The minimum Gasteiger partial charge on any atom is -0.396 e. The van der Waals surface area contributed by atoms with Gasteiger partial charge in [0.25, 0.3) is 0 Å². The molecule has 0 saturated carbocycles. The Balaban J connectivity index is 4.23. The number of aliphatic hydroxyl groups excluding tert-OH is 1. The summed E-state index contributed by atoms with van der Waals surface area (Å²) in [6, 6.07) is -0.974. The molecule has 0 aromatic heterocycles. The van der Waals surface area contributed by atoms with Crippen LogP contribution >= 0.6 is 0 Å². The zero-order valence-corrected chi connectivity index (χ0v) is 11.4. The highest BCUT2D eigenvalue weighted by Crippen LogP contribution is 1.95. The first-order chi connectivity index (χ1) is 7.82. The molecule has 0 aliphatic rings. The third-order valence-corrected chi connectivity index (χ3v) is 3.83. The summed E-state index contributed by atoms with van der Waals surface area (Å²) in [4.78, 5) is 11.6. The van der Waals surface area contributed by atoms with Gasteiger partial charge in [-0.3, -0.25) is 4.79 Å². The van der Waals surface area contributed by atoms with Crippen molar-refractivity contribution in [3.05, 3.63) is 0 Å². The molecule has 0 spiro atoms. The zero-order chi connectivity index (χ0) is 13.5. The van der Waals surface area contributed by atoms with Gasteiger partial charge in [0.2, 0.25) is 15.9 Å². The van der Waals surface area contributed by atoms with Crippen LogP contribution in [0.4, 0.5) is 0 Å². The van der Waals surface area contributed by atoms with Crippen molar-refractivity contribution >= 4 is 15.9 Å². The molecule has 2 atom stereocenters. The van der Waals surface area contributed by atoms with Gasteiger partial charge < -0.3 is 10.4 Å². The maximum Gasteiger partial charge on any atom is 0.238 e. The van der Waals surface area contributed by atoms with E-state index < -0.39 is 16.1 Å². The van der Waals surface area contributed by atoms with Crippen LogP contribution in [0, 0.1) is 0 Å². The highest BCUT2D eigenvalue weighted by molar-refractivity contribution is 7.89. The quantitative estimate of drug-likeness (QED) is 0.556. The van der Waals surface area contributed by atoms with Crippen LogP contribution in [0.15, 0.2) is 0 Å². The van der Waals surface area contributed by atoms with Crippen LogP contribution < -0.4 is 10.0 Å². The first kappa shape index (κ1) is 16.3. The highest BCUT2D eigenvalue weighted by Gasteiger charge is 2.20. The SMILES string of the molecule is CCCS(=O)(=O)NC(C)C(=O)NC(C)CCO. The van der Waals surface area contributed by atoms with Crippen molar-refractivity contribution in [3.8, 4) is 0 Å². The Morgan fingerprint density at radius 3 is 2.41 bits per heavy atom. The van der Waals surface area contributed by atoms with Crippen LogP contribution in [0.2, 0.25) is 0 Å². The maximum atomic E-state index is 11.6. The number of sulfonamides is 1. The fraction of sp³-hybridized carbons (Fsp3) is 0.900. The Bertz CT molecular complexity index is 329. The number of rotatable bonds is 8. The molecule has 0 aliphatic carbocycles. The number of aliphatic hydroxyl groups is 1. The molecule has 3 N–H and O–H groups in total. The van der Waals surface area contributed by atoms with Crippen LogP contribution in [-0.2, 0) is 14.8 Å². The lowest BCUT2D eigenvalue weighted by Gasteiger charge is -2.17. The van der Waals surface area contributed by atoms with Crippen LogP contribution in [0.25, 0.3) is 0 Å². The molecule has 0 aromatic rings. The molecule has 0 saturated heterocycles. The van der Waals surface area contributed by atoms with Gasteiger partial charge in [0.1, 0.15) is 0 Å². The zero-order valence-electron chi connectivity index (χ0n) is 10.6. The summed E-state index contributed by atoms with van der Waals surface area (Å²) >= 11 is 0. The first-order valence-electron chi connectivity index (χ1n) is 5.73. The van der Waals surface area contributed by atoms with Gasteiger partial charge in [0.15, 0.2) is 0 Å². The van der Waals surface area contributed by atoms with Crippen molar-refractivity contribution in [1.29, 1.82) is 0 Å². The van der Waals surface area contributed by atoms with E-state index in [1.807, 2.05) is 0 Å². The van der Waals surface area contributed by atoms with E-state index in [0.29, 0.717) is 12.8 Å². The van der Waals surface area contributed by atoms with E-state index in [4.69, 9.17) is 5.11 Å². The molecule has 17 heavy (non-hydrogen) atoms. The van der Waals surface area contributed by atoms with Crippen LogP contribution in [-0.4, -0.2) is 43.9 Å². The van der Waals surface area contributed by atoms with Crippen molar-refractivity contribution < 1.29 is 18.3 Å². The van der Waals surface area contributed by atoms with Crippen molar-refractivity contribution in [2.45, 2.75) is 45.7 Å². The van der Waals surface area contributed by atoms with Gasteiger partial charge in [-0.25, -0.2) is 13.1 Å². The molecule has 0 bridgehead atoms. The van der Waals surface area contributed by atoms with Crippen molar-refractivity contribution in [2.75, 3.05) is 12.4 Å². The van der Waals surface area contributed by atoms with Gasteiger partial charge in [-0.15, -0.1) is 0 Å². The van der Waals surface area contributed by atoms with Gasteiger partial charge in [-0.05, 0) is 26.7 Å². The topological polar surface area (TPSA) is 95.5 Å². The summed E-state index contributed by atoms with van der Waals surface area (Å²) in [6.07, 6.45) is 0.949. The normalized spacial score (nSPS) is 15.3. The molecular weight excluding hydrogens is 244 g/mol. The predicted octanol–water partition coefficient (Wildman–Crippen LogP) is -0.409. The van der Waals surface area contributed by atoms with Gasteiger partial charge in [0.05, 0.1) is 11.8 Å². The van der Waals surface area contributed by atoms with Gasteiger partial charge >= 0.3 is 0 Å². The first-order valence-corrected chi connectivity index (χ1v) is 7.38. The van der Waals surface area contributed by atoms with E-state index in [9.17, 15) is 13.2 Å². The Morgan fingerprint density at radius 1 is 1.35 bits per heavy atom. The van der Waals surface area contributed by atoms with Gasteiger partial charge in [0, 0.05) is 12.6 Å². The number of nitrogens with one attached hydrogen (secondary N) is 2. The van der Waals surface area contributed by atoms with Crippen LogP contribution in [0.5, 0.6) is 0 Å². The van der Waals surface area contributed by atoms with E-state index in [-0.39, 0.29) is 24.3 Å². The third-order valence-electron chi connectivity index (χ3n) is 2.17. The molecular formula is C10H22N2O4S. The lowest BCUT2D eigenvalue weighted by Crippen LogP contribution is -2.48. The lowest BCUT2D eigenvalue weighted by molar-refractivity contribution is -0.123. The number of carbonyl (C=O) groups excluding carboxylic acids is 1. The van der Waals surface area contributed by atoms with Gasteiger partial charge in [-0.1, -0.05) is 6.92 Å². The standard InChI is InChI=1S/C10H22N2O4S/c1-4-7-17(15,16)12-9(3)10(14)11-8(2)5-6-13/h8-9,12-13H,4-7H2,1-3H3,(H,11,14). The van der Waals surface area contributed by atoms with Crippen LogP contribution in [0.3, 0.4) is 0 Å². The molecule has 0 fully saturated rings. The average Bonchev–Trinajstić information content (AvgIpc) is 2.16. The molecule has 0 heterocycles. The fourth-order valence-corrected chi connectivity index (χ4v) is 2.59. The molecule has 1 amide bonds. The number of amides is 1. The second-order valence-electron chi connectivity index (χ2n) is 4.08. The lowest BCUT2D eigenvalue weighted by atomic mass is 10.2. The third kappa shape index (κ3) is 7.30. The highest BCUT2D eigenvalue weighted by atomic mass is 32.2. The number of hydrogen-bond acceptors (Lipinski definition) is 4. The molecule has 0 aromatic carbocycles. The Morgan fingerprint density at radius 2 is 1.94 bits per heavy atom. The second-order valence-corrected chi connectivity index (χ2v) is 5.95. The van der Waals surface area contributed by atoms with Crippen molar-refractivity contribution in [2.24, 2.45) is 0 Å². The van der Waals surface area contributed by atoms with Crippen molar-refractivity contribution in [3.63, 3.8) is 0 Å². The fourth-order valence-electron chi connectivity index (χ4n) is 1.28. The van der Waals surface area contributed by atoms with E-state index >= 15 is 0 Å². The summed E-state index contributed by atoms with van der Waals surface area (Å²) in [5, 5.41) is 11.3. The summed E-state index contributed by atoms with van der Waals surface area (Å²) in [5.74, 6) is -0.373. The second kappa shape index (κ2) is 7.62. The Kier molecular flexibility index (Phi) is 7.33. The minimum atomic E-state index is -3.38. The molecule has 6 nitrogen and oxygen atoms in total. The summed E-state index contributed by atoms with van der Waals surface area (Å²) < 4.78 is 25.2. The largest absolute Gasteiger partial charge is 0.396 e. The maximum absolute atomic E-state index is 11.6. The molecule has 7 heteroatoms. The minimum absolute atomic E-state index is 0.0107. The van der Waals surface area contributed by atoms with Crippen LogP contribution in [0.1, 0.15) is 33.6 Å². The molecule has 0 rings (SSSR count). The number of hydrogen-bond donors (Lipinski definition) is 3. The average molecular weight is 266 g/mol. The molecule has 0 radical (unpaired) electrons. The Labute approximate surface area is 103 Å². The summed E-state index contributed by atoms with van der Waals surface area (Å²) in [5.41, 5.74) is 0. The van der Waals surface area contributed by atoms with E-state index in [2.05, 4.69) is 10.0 Å². The van der Waals surface area contributed by atoms with Crippen molar-refractivity contribution in [1.82, 2.24) is 10.0 Å². The number of carbonyl (C=O) groups is 1. The van der Waals surface area contributed by atoms with E-state index in [0.717, 1.165) is 0 Å². The van der Waals surface area contributed by atoms with E-state index in [1.165, 1.54) is 6.92 Å². The molecule has 102 valence electrons. The molecule has 0 aliphatic heterocycles. The van der Waals surface area contributed by atoms with Gasteiger partial charge in [-0.2, -0.15) is 0 Å². The monoisotopic (exact) mass is 266 g/mol. The van der Waals surface area contributed by atoms with E-state index in [1.54, 1.807) is 13.8 Å². The Hall–Kier alpha value is -0.660. The smallest absolute Gasteiger partial charge is 0.238 e. The predicted molar refractivity (Wildman–Crippen MR) is 66.0 cm³/mol. The summed E-state index contributed by atoms with van der Waals surface area (Å²) in [7, 11) is -3.38.